The maximum atomic E-state index is 12.0. The zero-order valence-electron chi connectivity index (χ0n) is 26.5. The molecule has 1 rings (SSSR count). The lowest BCUT2D eigenvalue weighted by atomic mass is 9.86. The van der Waals surface area contributed by atoms with Crippen LogP contribution in [0.2, 0.25) is 39.3 Å². The summed E-state index contributed by atoms with van der Waals surface area (Å²) in [4.78, 5) is 23.1. The van der Waals surface area contributed by atoms with Crippen LogP contribution in [0.15, 0.2) is 22.5 Å². The molecule has 1 aliphatic carbocycles. The van der Waals surface area contributed by atoms with Crippen molar-refractivity contribution in [2.75, 3.05) is 13.2 Å². The summed E-state index contributed by atoms with van der Waals surface area (Å²) in [5.41, 5.74) is 2.27. The van der Waals surface area contributed by atoms with E-state index in [2.05, 4.69) is 49.0 Å². The van der Waals surface area contributed by atoms with Crippen LogP contribution >= 0.6 is 0 Å². The maximum Gasteiger partial charge on any atom is 0.292 e. The molecule has 0 radical (unpaired) electrons. The van der Waals surface area contributed by atoms with Crippen LogP contribution in [-0.4, -0.2) is 53.3 Å². The minimum atomic E-state index is -1.82. The molecule has 0 heterocycles. The number of unbranched alkanes of at least 4 members (excludes halogenated alkanes) is 3. The first kappa shape index (κ1) is 35.6. The number of oxime groups is 2. The van der Waals surface area contributed by atoms with Gasteiger partial charge >= 0.3 is 0 Å². The van der Waals surface area contributed by atoms with Gasteiger partial charge in [0, 0.05) is 18.8 Å². The first-order chi connectivity index (χ1) is 18.4. The van der Waals surface area contributed by atoms with Crippen molar-refractivity contribution in [3.8, 4) is 0 Å². The third kappa shape index (κ3) is 16.4. The van der Waals surface area contributed by atoms with E-state index < -0.39 is 16.6 Å². The molecule has 7 nitrogen and oxygen atoms in total. The highest BCUT2D eigenvalue weighted by Gasteiger charge is 2.42. The molecule has 0 spiro atoms. The summed E-state index contributed by atoms with van der Waals surface area (Å²) in [7, 11) is -3.56. The van der Waals surface area contributed by atoms with Crippen molar-refractivity contribution in [3.63, 3.8) is 0 Å². The van der Waals surface area contributed by atoms with Gasteiger partial charge in [-0.1, -0.05) is 42.2 Å². The zero-order chi connectivity index (χ0) is 29.3. The minimum absolute atomic E-state index is 0.0700. The van der Waals surface area contributed by atoms with Crippen molar-refractivity contribution < 1.29 is 23.3 Å². The number of carbonyl (C=O) groups is 1. The van der Waals surface area contributed by atoms with Crippen molar-refractivity contribution in [2.45, 2.75) is 137 Å². The zero-order valence-corrected chi connectivity index (χ0v) is 28.5. The predicted octanol–water partition coefficient (Wildman–Crippen LogP) is 8.48. The number of nitrogens with zero attached hydrogens (tertiary/aromatic N) is 2. The lowest BCUT2D eigenvalue weighted by molar-refractivity contribution is -0.135. The Hall–Kier alpha value is -1.46. The number of hydrogen-bond donors (Lipinski definition) is 0. The molecule has 0 unspecified atom stereocenters. The molecule has 9 heteroatoms. The van der Waals surface area contributed by atoms with Crippen molar-refractivity contribution >= 4 is 34.0 Å². The number of carbonyl (C=O) groups excluding carboxylic acids is 1. The topological polar surface area (TPSA) is 78.7 Å². The molecule has 0 amide bonds. The predicted molar refractivity (Wildman–Crippen MR) is 168 cm³/mol. The average molecular weight is 583 g/mol. The first-order valence-corrected chi connectivity index (χ1v) is 22.1. The maximum absolute atomic E-state index is 12.0. The van der Waals surface area contributed by atoms with Crippen molar-refractivity contribution in [3.05, 3.63) is 12.2 Å². The highest BCUT2D eigenvalue weighted by Crippen LogP contribution is 2.39. The Morgan fingerprint density at radius 1 is 0.897 bits per heavy atom. The Balaban J connectivity index is 2.96. The summed E-state index contributed by atoms with van der Waals surface area (Å²) >= 11 is 0. The van der Waals surface area contributed by atoms with Crippen molar-refractivity contribution in [2.24, 2.45) is 22.1 Å². The van der Waals surface area contributed by atoms with Crippen LogP contribution in [-0.2, 0) is 23.3 Å². The lowest BCUT2D eigenvalue weighted by Crippen LogP contribution is -2.35. The fraction of sp³-hybridized carbons (Fsp3) is 0.833. The molecular weight excluding hydrogens is 525 g/mol. The van der Waals surface area contributed by atoms with Gasteiger partial charge in [0.25, 0.3) is 5.97 Å². The Labute approximate surface area is 241 Å². The molecule has 0 aromatic rings. The molecule has 226 valence electrons. The standard InChI is InChI=1S/C30H58N2O5Si2/c1-10-13-16-19-25(31-34-11-2)22-23-27-26(20-17-14-15-18-21-30(33)37-39(7,8)9)28(32-35-12-3)24-29(27)36-38(4,5)6/h14,17,26-27,29H,10-13,15-16,18-24H2,1-9H3/b17-14-,31-25-,32-28+/t26-,27-,29-/m1/s1. The second kappa shape index (κ2) is 18.8. The van der Waals surface area contributed by atoms with Crippen molar-refractivity contribution in [1.82, 2.24) is 0 Å². The van der Waals surface area contributed by atoms with Gasteiger partial charge in [0.05, 0.1) is 17.5 Å². The second-order valence-electron chi connectivity index (χ2n) is 12.5. The van der Waals surface area contributed by atoms with Gasteiger partial charge in [-0.05, 0) is 104 Å². The van der Waals surface area contributed by atoms with Crippen LogP contribution in [0.25, 0.3) is 0 Å². The fourth-order valence-corrected chi connectivity index (χ4v) is 6.90. The Morgan fingerprint density at radius 2 is 1.62 bits per heavy atom. The van der Waals surface area contributed by atoms with Crippen LogP contribution in [0, 0.1) is 11.8 Å². The van der Waals surface area contributed by atoms with Crippen LogP contribution in [0.4, 0.5) is 0 Å². The second-order valence-corrected chi connectivity index (χ2v) is 21.4. The van der Waals surface area contributed by atoms with Gasteiger partial charge in [0.2, 0.25) is 8.32 Å². The molecule has 0 aliphatic heterocycles. The molecular formula is C30H58N2O5Si2. The fourth-order valence-electron chi connectivity index (χ4n) is 4.95. The van der Waals surface area contributed by atoms with Gasteiger partial charge in [-0.25, -0.2) is 0 Å². The Bertz CT molecular complexity index is 787. The summed E-state index contributed by atoms with van der Waals surface area (Å²) < 4.78 is 12.3. The van der Waals surface area contributed by atoms with Gasteiger partial charge in [-0.2, -0.15) is 0 Å². The van der Waals surface area contributed by atoms with Crippen LogP contribution in [0.5, 0.6) is 0 Å². The SMILES string of the molecule is CCCCC/C(CC[C@H]1[C@H](O[Si](C)(C)C)C/C(=N\OCC)[C@@H]1C/C=C\CCCC(=O)O[Si](C)(C)C)=N/OCC. The average Bonchev–Trinajstić information content (AvgIpc) is 3.14. The van der Waals surface area contributed by atoms with E-state index in [1.54, 1.807) is 0 Å². The van der Waals surface area contributed by atoms with E-state index in [0.717, 1.165) is 62.8 Å². The van der Waals surface area contributed by atoms with Gasteiger partial charge < -0.3 is 18.5 Å². The highest BCUT2D eigenvalue weighted by atomic mass is 28.4. The molecule has 0 saturated heterocycles. The highest BCUT2D eigenvalue weighted by molar-refractivity contribution is 6.71. The Morgan fingerprint density at radius 3 is 2.23 bits per heavy atom. The van der Waals surface area contributed by atoms with Crippen LogP contribution in [0.1, 0.15) is 91.4 Å². The molecule has 39 heavy (non-hydrogen) atoms. The van der Waals surface area contributed by atoms with Gasteiger partial charge in [-0.3, -0.25) is 4.79 Å². The number of allylic oxidation sites excluding steroid dienone is 2. The summed E-state index contributed by atoms with van der Waals surface area (Å²) in [5, 5.41) is 9.05. The lowest BCUT2D eigenvalue weighted by Gasteiger charge is -2.29. The normalized spacial score (nSPS) is 21.6. The third-order valence-electron chi connectivity index (χ3n) is 6.53. The van der Waals surface area contributed by atoms with E-state index in [1.165, 1.54) is 12.8 Å². The van der Waals surface area contributed by atoms with E-state index in [1.807, 2.05) is 33.5 Å². The third-order valence-corrected chi connectivity index (χ3v) is 8.38. The summed E-state index contributed by atoms with van der Waals surface area (Å²) in [6, 6.07) is 0. The summed E-state index contributed by atoms with van der Waals surface area (Å²) in [6.45, 7) is 20.2. The Kier molecular flexibility index (Phi) is 17.2. The van der Waals surface area contributed by atoms with Crippen LogP contribution < -0.4 is 0 Å². The molecule has 0 aromatic heterocycles. The molecule has 1 aliphatic rings. The van der Waals surface area contributed by atoms with E-state index in [4.69, 9.17) is 18.5 Å². The monoisotopic (exact) mass is 582 g/mol. The molecule has 0 aromatic carbocycles. The van der Waals surface area contributed by atoms with Gasteiger partial charge in [0.1, 0.15) is 13.2 Å². The molecule has 1 fully saturated rings. The van der Waals surface area contributed by atoms with Gasteiger partial charge in [-0.15, -0.1) is 0 Å². The molecule has 0 bridgehead atoms. The summed E-state index contributed by atoms with van der Waals surface area (Å²) in [6.07, 6.45) is 15.0. The van der Waals surface area contributed by atoms with Crippen LogP contribution in [0.3, 0.4) is 0 Å². The van der Waals surface area contributed by atoms with E-state index in [0.29, 0.717) is 25.6 Å². The number of hydrogen-bond acceptors (Lipinski definition) is 7. The quantitative estimate of drug-likeness (QED) is 0.0473. The largest absolute Gasteiger partial charge is 0.520 e. The van der Waals surface area contributed by atoms with Crippen molar-refractivity contribution in [1.29, 1.82) is 0 Å². The van der Waals surface area contributed by atoms with E-state index >= 15 is 0 Å². The van der Waals surface area contributed by atoms with E-state index in [-0.39, 0.29) is 18.0 Å². The number of rotatable bonds is 20. The molecule has 3 atom stereocenters. The van der Waals surface area contributed by atoms with Gasteiger partial charge in [0.15, 0.2) is 8.32 Å². The molecule has 0 N–H and O–H groups in total. The van der Waals surface area contributed by atoms with E-state index in [9.17, 15) is 4.79 Å². The minimum Gasteiger partial charge on any atom is -0.520 e. The smallest absolute Gasteiger partial charge is 0.292 e. The first-order valence-electron chi connectivity index (χ1n) is 15.3. The summed E-state index contributed by atoms with van der Waals surface area (Å²) in [5.74, 6) is 0.555. The molecule has 1 saturated carbocycles.